The van der Waals surface area contributed by atoms with Crippen LogP contribution >= 0.6 is 0 Å². The molecule has 118 valence electrons. The van der Waals surface area contributed by atoms with Crippen LogP contribution in [0.1, 0.15) is 13.8 Å². The van der Waals surface area contributed by atoms with Crippen molar-refractivity contribution in [3.63, 3.8) is 0 Å². The number of aliphatic hydroxyl groups excluding tert-OH is 1. The molecule has 1 aromatic heterocycles. The number of aromatic nitrogens is 2. The highest BCUT2D eigenvalue weighted by molar-refractivity contribution is 5.25. The van der Waals surface area contributed by atoms with Gasteiger partial charge in [-0.05, 0) is 19.9 Å². The Labute approximate surface area is 125 Å². The molecule has 2 fully saturated rings. The van der Waals surface area contributed by atoms with Crippen molar-refractivity contribution in [1.29, 1.82) is 5.26 Å². The van der Waals surface area contributed by atoms with Crippen LogP contribution in [-0.2, 0) is 19.9 Å². The van der Waals surface area contributed by atoms with Gasteiger partial charge in [-0.2, -0.15) is 10.2 Å². The molecule has 0 bridgehead atoms. The van der Waals surface area contributed by atoms with E-state index in [9.17, 15) is 15.2 Å². The topological polar surface area (TPSA) is 133 Å². The van der Waals surface area contributed by atoms with Crippen molar-refractivity contribution in [3.8, 4) is 6.07 Å². The summed E-state index contributed by atoms with van der Waals surface area (Å²) in [6.45, 7) is 3.00. The molecule has 2 saturated heterocycles. The molecule has 0 aliphatic carbocycles. The quantitative estimate of drug-likeness (QED) is 0.704. The van der Waals surface area contributed by atoms with Crippen molar-refractivity contribution in [3.05, 3.63) is 22.7 Å². The first-order chi connectivity index (χ1) is 10.3. The molecular weight excluding hydrogens is 292 g/mol. The van der Waals surface area contributed by atoms with Gasteiger partial charge in [-0.1, -0.05) is 0 Å². The van der Waals surface area contributed by atoms with Gasteiger partial charge in [0.15, 0.2) is 11.9 Å². The second-order valence-electron chi connectivity index (χ2n) is 5.67. The van der Waals surface area contributed by atoms with E-state index >= 15 is 0 Å². The van der Waals surface area contributed by atoms with Crippen LogP contribution in [-0.4, -0.2) is 45.4 Å². The van der Waals surface area contributed by atoms with Crippen LogP contribution in [0.25, 0.3) is 0 Å². The molecule has 0 amide bonds. The minimum Gasteiger partial charge on any atom is -0.394 e. The van der Waals surface area contributed by atoms with Crippen LogP contribution < -0.4 is 11.4 Å². The summed E-state index contributed by atoms with van der Waals surface area (Å²) < 4.78 is 18.1. The van der Waals surface area contributed by atoms with Crippen molar-refractivity contribution in [2.45, 2.75) is 43.7 Å². The maximum absolute atomic E-state index is 12.1. The van der Waals surface area contributed by atoms with Crippen molar-refractivity contribution in [2.75, 3.05) is 12.3 Å². The molecule has 0 radical (unpaired) electrons. The molecule has 0 spiro atoms. The lowest BCUT2D eigenvalue weighted by molar-refractivity contribution is -0.218. The second kappa shape index (κ2) is 4.76. The molecule has 0 saturated carbocycles. The number of aliphatic hydroxyl groups is 1. The van der Waals surface area contributed by atoms with E-state index in [-0.39, 0.29) is 12.4 Å². The Morgan fingerprint density at radius 2 is 2.23 bits per heavy atom. The molecule has 9 heteroatoms. The number of anilines is 1. The minimum atomic E-state index is -1.77. The van der Waals surface area contributed by atoms with E-state index in [1.165, 1.54) is 12.3 Å². The average Bonchev–Trinajstić information content (AvgIpc) is 2.91. The summed E-state index contributed by atoms with van der Waals surface area (Å²) in [5, 5.41) is 19.2. The number of hydrogen-bond donors (Lipinski definition) is 2. The first-order valence-corrected chi connectivity index (χ1v) is 6.74. The predicted molar refractivity (Wildman–Crippen MR) is 72.3 cm³/mol. The Morgan fingerprint density at radius 1 is 1.50 bits per heavy atom. The molecule has 2 aliphatic heterocycles. The van der Waals surface area contributed by atoms with Crippen molar-refractivity contribution < 1.29 is 19.3 Å². The molecule has 0 aromatic carbocycles. The standard InChI is InChI=1S/C13H16N4O5/c1-12(2)21-9-7(5-18)20-13(6-14,10(9)22-12)17-4-3-8(15)16-11(17)19/h3-4,7,9-10,18H,5H2,1-2H3,(H2,15,16,19)/t7?,9-,10-,13-/m1/s1. The third-order valence-electron chi connectivity index (χ3n) is 3.74. The highest BCUT2D eigenvalue weighted by Gasteiger charge is 2.65. The van der Waals surface area contributed by atoms with E-state index in [1.807, 2.05) is 6.07 Å². The maximum atomic E-state index is 12.1. The summed E-state index contributed by atoms with van der Waals surface area (Å²) in [6, 6.07) is 3.35. The first-order valence-electron chi connectivity index (χ1n) is 6.74. The van der Waals surface area contributed by atoms with Crippen molar-refractivity contribution >= 4 is 5.82 Å². The van der Waals surface area contributed by atoms with Gasteiger partial charge in [0.2, 0.25) is 0 Å². The zero-order chi connectivity index (χ0) is 16.1. The minimum absolute atomic E-state index is 0.0338. The van der Waals surface area contributed by atoms with Crippen molar-refractivity contribution in [1.82, 2.24) is 9.55 Å². The van der Waals surface area contributed by atoms with Gasteiger partial charge in [0.05, 0.1) is 6.61 Å². The molecule has 3 rings (SSSR count). The van der Waals surface area contributed by atoms with Crippen LogP contribution in [0.3, 0.4) is 0 Å². The maximum Gasteiger partial charge on any atom is 0.352 e. The van der Waals surface area contributed by atoms with E-state index in [4.69, 9.17) is 19.9 Å². The molecule has 1 aromatic rings. The molecule has 4 atom stereocenters. The fraction of sp³-hybridized carbons (Fsp3) is 0.615. The van der Waals surface area contributed by atoms with Gasteiger partial charge in [-0.25, -0.2) is 4.79 Å². The van der Waals surface area contributed by atoms with E-state index in [1.54, 1.807) is 13.8 Å². The number of nitrogens with two attached hydrogens (primary N) is 1. The monoisotopic (exact) mass is 308 g/mol. The zero-order valence-electron chi connectivity index (χ0n) is 12.1. The largest absolute Gasteiger partial charge is 0.394 e. The molecule has 1 unspecified atom stereocenters. The molecule has 3 N–H and O–H groups in total. The number of fused-ring (bicyclic) bond motifs is 1. The van der Waals surface area contributed by atoms with Gasteiger partial charge in [-0.3, -0.25) is 4.57 Å². The number of rotatable bonds is 2. The summed E-state index contributed by atoms with van der Waals surface area (Å²) >= 11 is 0. The van der Waals surface area contributed by atoms with Gasteiger partial charge in [-0.15, -0.1) is 0 Å². The summed E-state index contributed by atoms with van der Waals surface area (Å²) in [5.74, 6) is -0.925. The summed E-state index contributed by atoms with van der Waals surface area (Å²) in [7, 11) is 0. The highest BCUT2D eigenvalue weighted by atomic mass is 16.8. The lowest BCUT2D eigenvalue weighted by Crippen LogP contribution is -2.49. The number of nitriles is 1. The Morgan fingerprint density at radius 3 is 2.82 bits per heavy atom. The van der Waals surface area contributed by atoms with Crippen molar-refractivity contribution in [2.24, 2.45) is 0 Å². The molecule has 22 heavy (non-hydrogen) atoms. The third kappa shape index (κ3) is 2.00. The molecular formula is C13H16N4O5. The fourth-order valence-corrected chi connectivity index (χ4v) is 2.88. The van der Waals surface area contributed by atoms with Gasteiger partial charge in [0.1, 0.15) is 24.1 Å². The molecule has 3 heterocycles. The van der Waals surface area contributed by atoms with Gasteiger partial charge in [0.25, 0.3) is 5.72 Å². The first kappa shape index (κ1) is 14.9. The fourth-order valence-electron chi connectivity index (χ4n) is 2.88. The molecule has 9 nitrogen and oxygen atoms in total. The Hall–Kier alpha value is -1.99. The van der Waals surface area contributed by atoms with E-state index in [2.05, 4.69) is 4.98 Å². The van der Waals surface area contributed by atoms with E-state index in [0.29, 0.717) is 0 Å². The summed E-state index contributed by atoms with van der Waals surface area (Å²) in [4.78, 5) is 15.7. The summed E-state index contributed by atoms with van der Waals surface area (Å²) in [6.07, 6.45) is -1.04. The smallest absolute Gasteiger partial charge is 0.352 e. The van der Waals surface area contributed by atoms with Crippen LogP contribution in [0, 0.1) is 11.3 Å². The van der Waals surface area contributed by atoms with E-state index < -0.39 is 35.5 Å². The zero-order valence-corrected chi connectivity index (χ0v) is 12.1. The SMILES string of the molecule is CC1(C)O[C@@H]2C(CO)O[C@@](C#N)(n3ccc(N)nc3=O)[C@@H]2O1. The third-order valence-corrected chi connectivity index (χ3v) is 3.74. The van der Waals surface area contributed by atoms with Crippen LogP contribution in [0.15, 0.2) is 17.1 Å². The van der Waals surface area contributed by atoms with E-state index in [0.717, 1.165) is 4.57 Å². The second-order valence-corrected chi connectivity index (χ2v) is 5.67. The summed E-state index contributed by atoms with van der Waals surface area (Å²) in [5.41, 5.74) is 2.95. The number of hydrogen-bond acceptors (Lipinski definition) is 8. The number of nitrogen functional groups attached to an aromatic ring is 1. The van der Waals surface area contributed by atoms with Crippen LogP contribution in [0.2, 0.25) is 0 Å². The Bertz CT molecular complexity index is 696. The van der Waals surface area contributed by atoms with Gasteiger partial charge >= 0.3 is 5.69 Å². The van der Waals surface area contributed by atoms with Gasteiger partial charge in [0, 0.05) is 6.20 Å². The molecule has 2 aliphatic rings. The lowest BCUT2D eigenvalue weighted by Gasteiger charge is -2.29. The predicted octanol–water partition coefficient (Wildman–Crippen LogP) is -1.09. The van der Waals surface area contributed by atoms with Gasteiger partial charge < -0.3 is 25.1 Å². The Balaban J connectivity index is 2.13. The lowest BCUT2D eigenvalue weighted by atomic mass is 10.0. The normalized spacial score (nSPS) is 36.0. The Kier molecular flexibility index (Phi) is 3.23. The van der Waals surface area contributed by atoms with Crippen LogP contribution in [0.5, 0.6) is 0 Å². The number of nitrogens with zero attached hydrogens (tertiary/aromatic N) is 3. The average molecular weight is 308 g/mol. The van der Waals surface area contributed by atoms with Crippen LogP contribution in [0.4, 0.5) is 5.82 Å². The number of ether oxygens (including phenoxy) is 3. The highest BCUT2D eigenvalue weighted by Crippen LogP contribution is 2.45.